The monoisotopic (exact) mass is 410 g/mol. The number of oxazole rings is 1. The van der Waals surface area contributed by atoms with Crippen LogP contribution < -0.4 is 16.0 Å². The van der Waals surface area contributed by atoms with Gasteiger partial charge in [0.15, 0.2) is 5.69 Å². The topological polar surface area (TPSA) is 159 Å². The molecule has 2 amide bonds. The Labute approximate surface area is 170 Å². The van der Waals surface area contributed by atoms with Crippen molar-refractivity contribution < 1.29 is 23.9 Å². The number of carboxylic acid groups (broad SMARTS) is 1. The molecule has 4 N–H and O–H groups in total. The molecule has 0 saturated heterocycles. The van der Waals surface area contributed by atoms with Crippen LogP contribution in [0.2, 0.25) is 0 Å². The highest BCUT2D eigenvalue weighted by Gasteiger charge is 2.19. The first-order chi connectivity index (χ1) is 14.5. The molecule has 0 aliphatic heterocycles. The number of rotatable bonds is 9. The normalized spacial score (nSPS) is 11.3. The molecule has 1 atom stereocenters. The van der Waals surface area contributed by atoms with Gasteiger partial charge in [0.05, 0.1) is 19.0 Å². The zero-order valence-corrected chi connectivity index (χ0v) is 15.6. The van der Waals surface area contributed by atoms with Crippen molar-refractivity contribution >= 4 is 29.6 Å². The predicted octanol–water partition coefficient (Wildman–Crippen LogP) is 1.27. The van der Waals surface area contributed by atoms with E-state index in [9.17, 15) is 14.4 Å². The molecule has 0 saturated carbocycles. The highest BCUT2D eigenvalue weighted by atomic mass is 16.4. The van der Waals surface area contributed by atoms with E-state index in [4.69, 9.17) is 9.52 Å². The van der Waals surface area contributed by atoms with Gasteiger partial charge in [-0.25, -0.2) is 4.98 Å². The predicted molar refractivity (Wildman–Crippen MR) is 104 cm³/mol. The van der Waals surface area contributed by atoms with Crippen LogP contribution >= 0.6 is 0 Å². The molecule has 0 aromatic carbocycles. The van der Waals surface area contributed by atoms with Crippen LogP contribution in [0.4, 0.5) is 11.8 Å². The van der Waals surface area contributed by atoms with Crippen molar-refractivity contribution in [2.75, 3.05) is 11.9 Å². The van der Waals surface area contributed by atoms with Crippen LogP contribution in [0.5, 0.6) is 0 Å². The molecule has 11 heteroatoms. The van der Waals surface area contributed by atoms with E-state index in [0.717, 1.165) is 6.26 Å². The summed E-state index contributed by atoms with van der Waals surface area (Å²) in [6, 6.07) is 7.81. The molecule has 0 fully saturated rings. The van der Waals surface area contributed by atoms with Crippen molar-refractivity contribution in [2.45, 2.75) is 12.5 Å². The second-order valence-electron chi connectivity index (χ2n) is 6.06. The average molecular weight is 410 g/mol. The highest BCUT2D eigenvalue weighted by Crippen LogP contribution is 2.15. The van der Waals surface area contributed by atoms with E-state index in [1.807, 2.05) is 0 Å². The number of amides is 2. The lowest BCUT2D eigenvalue weighted by atomic mass is 10.1. The number of carboxylic acids is 1. The maximum atomic E-state index is 12.2. The lowest BCUT2D eigenvalue weighted by molar-refractivity contribution is -0.137. The summed E-state index contributed by atoms with van der Waals surface area (Å²) in [5.74, 6) is -1.78. The van der Waals surface area contributed by atoms with Crippen molar-refractivity contribution in [3.63, 3.8) is 0 Å². The molecule has 11 nitrogen and oxygen atoms in total. The van der Waals surface area contributed by atoms with E-state index >= 15 is 0 Å². The second kappa shape index (κ2) is 9.78. The number of carbonyl (C=O) groups excluding carboxylic acids is 2. The van der Waals surface area contributed by atoms with Crippen LogP contribution in [-0.2, 0) is 9.59 Å². The number of nitrogens with one attached hydrogen (secondary N) is 3. The van der Waals surface area contributed by atoms with Gasteiger partial charge in [-0.2, -0.15) is 4.98 Å². The minimum atomic E-state index is -1.08. The molecule has 0 aliphatic rings. The van der Waals surface area contributed by atoms with Crippen molar-refractivity contribution in [2.24, 2.45) is 0 Å². The first-order valence-electron chi connectivity index (χ1n) is 8.84. The Bertz CT molecular complexity index is 1010. The van der Waals surface area contributed by atoms with E-state index in [0.29, 0.717) is 11.4 Å². The molecule has 0 radical (unpaired) electrons. The third-order valence-electron chi connectivity index (χ3n) is 3.85. The lowest BCUT2D eigenvalue weighted by Crippen LogP contribution is -2.39. The van der Waals surface area contributed by atoms with Gasteiger partial charge in [0.2, 0.25) is 5.91 Å². The summed E-state index contributed by atoms with van der Waals surface area (Å²) < 4.78 is 5.17. The van der Waals surface area contributed by atoms with Crippen LogP contribution in [0, 0.1) is 0 Å². The number of pyridine rings is 2. The fraction of sp³-hybridized carbons (Fsp3) is 0.158. The summed E-state index contributed by atoms with van der Waals surface area (Å²) in [5, 5.41) is 16.8. The molecule has 3 aromatic heterocycles. The Morgan fingerprint density at radius 3 is 2.70 bits per heavy atom. The van der Waals surface area contributed by atoms with Gasteiger partial charge in [0.25, 0.3) is 5.91 Å². The zero-order chi connectivity index (χ0) is 21.3. The summed E-state index contributed by atoms with van der Waals surface area (Å²) in [4.78, 5) is 47.4. The van der Waals surface area contributed by atoms with Gasteiger partial charge in [-0.3, -0.25) is 24.7 Å². The van der Waals surface area contributed by atoms with Crippen LogP contribution in [0.15, 0.2) is 59.6 Å². The summed E-state index contributed by atoms with van der Waals surface area (Å²) >= 11 is 0. The number of carbonyl (C=O) groups is 3. The van der Waals surface area contributed by atoms with Crippen molar-refractivity contribution in [1.29, 1.82) is 0 Å². The van der Waals surface area contributed by atoms with E-state index in [-0.39, 0.29) is 24.7 Å². The third kappa shape index (κ3) is 5.86. The van der Waals surface area contributed by atoms with Gasteiger partial charge in [0, 0.05) is 18.6 Å². The highest BCUT2D eigenvalue weighted by molar-refractivity contribution is 5.95. The van der Waals surface area contributed by atoms with Gasteiger partial charge < -0.3 is 20.2 Å². The van der Waals surface area contributed by atoms with Crippen molar-refractivity contribution in [1.82, 2.24) is 25.6 Å². The Morgan fingerprint density at radius 1 is 1.13 bits per heavy atom. The molecule has 3 aromatic rings. The van der Waals surface area contributed by atoms with Gasteiger partial charge in [-0.05, 0) is 23.8 Å². The summed E-state index contributed by atoms with van der Waals surface area (Å²) in [6.07, 6.45) is 5.41. The number of aromatic nitrogens is 3. The zero-order valence-electron chi connectivity index (χ0n) is 15.6. The quantitative estimate of drug-likeness (QED) is 0.407. The molecule has 154 valence electrons. The molecular weight excluding hydrogens is 392 g/mol. The third-order valence-corrected chi connectivity index (χ3v) is 3.85. The Balaban J connectivity index is 1.53. The minimum Gasteiger partial charge on any atom is -0.481 e. The van der Waals surface area contributed by atoms with Gasteiger partial charge in [0.1, 0.15) is 12.1 Å². The van der Waals surface area contributed by atoms with Crippen LogP contribution in [-0.4, -0.2) is 44.4 Å². The number of nitrogens with zero attached hydrogens (tertiary/aromatic N) is 3. The maximum Gasteiger partial charge on any atom is 0.305 e. The van der Waals surface area contributed by atoms with Crippen LogP contribution in [0.3, 0.4) is 0 Å². The molecule has 3 rings (SSSR count). The lowest BCUT2D eigenvalue weighted by Gasteiger charge is -2.17. The first kappa shape index (κ1) is 20.5. The molecule has 3 heterocycles. The van der Waals surface area contributed by atoms with Gasteiger partial charge in [-0.1, -0.05) is 12.1 Å². The number of aliphatic carboxylic acids is 1. The summed E-state index contributed by atoms with van der Waals surface area (Å²) in [5.41, 5.74) is 0.511. The van der Waals surface area contributed by atoms with E-state index in [1.165, 1.54) is 12.4 Å². The number of anilines is 2. The van der Waals surface area contributed by atoms with Crippen LogP contribution in [0.25, 0.3) is 0 Å². The molecule has 0 spiro atoms. The standard InChI is InChI=1S/C19H18N6O5/c26-16(23-13(8-17(27)28)12-4-3-6-20-9-12)10-22-18(29)14-11-30-19(24-14)25-15-5-1-2-7-21-15/h1-7,9,11,13H,8,10H2,(H,22,29)(H,23,26)(H,27,28)(H,21,24,25). The smallest absolute Gasteiger partial charge is 0.305 e. The average Bonchev–Trinajstić information content (AvgIpc) is 3.21. The summed E-state index contributed by atoms with van der Waals surface area (Å²) in [7, 11) is 0. The first-order valence-corrected chi connectivity index (χ1v) is 8.84. The Kier molecular flexibility index (Phi) is 6.66. The molecule has 0 bridgehead atoms. The maximum absolute atomic E-state index is 12.2. The van der Waals surface area contributed by atoms with Gasteiger partial charge >= 0.3 is 12.0 Å². The van der Waals surface area contributed by atoms with Crippen molar-refractivity contribution in [3.05, 3.63) is 66.4 Å². The van der Waals surface area contributed by atoms with E-state index < -0.39 is 23.8 Å². The fourth-order valence-electron chi connectivity index (χ4n) is 2.49. The fourth-order valence-corrected chi connectivity index (χ4v) is 2.49. The van der Waals surface area contributed by atoms with E-state index in [1.54, 1.807) is 36.5 Å². The van der Waals surface area contributed by atoms with E-state index in [2.05, 4.69) is 30.9 Å². The number of hydrogen-bond acceptors (Lipinski definition) is 8. The Hall–Kier alpha value is -4.28. The molecule has 1 unspecified atom stereocenters. The van der Waals surface area contributed by atoms with Gasteiger partial charge in [-0.15, -0.1) is 0 Å². The number of hydrogen-bond donors (Lipinski definition) is 4. The molecular formula is C19H18N6O5. The SMILES string of the molecule is O=C(O)CC(NC(=O)CNC(=O)c1coc(Nc2ccccn2)n1)c1cccnc1. The second-order valence-corrected chi connectivity index (χ2v) is 6.06. The molecule has 30 heavy (non-hydrogen) atoms. The van der Waals surface area contributed by atoms with Crippen molar-refractivity contribution in [3.8, 4) is 0 Å². The summed E-state index contributed by atoms with van der Waals surface area (Å²) in [6.45, 7) is -0.370. The Morgan fingerprint density at radius 2 is 2.00 bits per heavy atom. The molecule has 0 aliphatic carbocycles. The minimum absolute atomic E-state index is 0.0319. The van der Waals surface area contributed by atoms with Crippen LogP contribution in [0.1, 0.15) is 28.5 Å². The largest absolute Gasteiger partial charge is 0.481 e.